The van der Waals surface area contributed by atoms with Crippen molar-refractivity contribution in [2.24, 2.45) is 0 Å². The first-order valence-electron chi connectivity index (χ1n) is 10.8. The van der Waals surface area contributed by atoms with Gasteiger partial charge in [-0.2, -0.15) is 0 Å². The fourth-order valence-electron chi connectivity index (χ4n) is 3.47. The van der Waals surface area contributed by atoms with E-state index in [1.54, 1.807) is 19.2 Å². The molecule has 1 N–H and O–H groups in total. The first-order valence-corrected chi connectivity index (χ1v) is 10.8. The lowest BCUT2D eigenvalue weighted by molar-refractivity contribution is -0.111. The predicted octanol–water partition coefficient (Wildman–Crippen LogP) is 5.46. The van der Waals surface area contributed by atoms with Gasteiger partial charge in [0.1, 0.15) is 6.61 Å². The molecule has 0 aromatic heterocycles. The van der Waals surface area contributed by atoms with E-state index in [0.717, 1.165) is 12.1 Å². The van der Waals surface area contributed by atoms with E-state index >= 15 is 0 Å². The Morgan fingerprint density at radius 3 is 2.32 bits per heavy atom. The van der Waals surface area contributed by atoms with Gasteiger partial charge in [0, 0.05) is 36.5 Å². The second-order valence-corrected chi connectivity index (χ2v) is 8.31. The number of carbonyl (C=O) groups excluding carboxylic acids is 1. The summed E-state index contributed by atoms with van der Waals surface area (Å²) in [5.74, 6) is 1.07. The molecule has 0 spiro atoms. The summed E-state index contributed by atoms with van der Waals surface area (Å²) in [6, 6.07) is 12.4. The molecule has 0 aliphatic rings. The second kappa shape index (κ2) is 11.6. The molecule has 0 aliphatic heterocycles. The topological polar surface area (TPSA) is 50.8 Å². The van der Waals surface area contributed by atoms with Gasteiger partial charge in [-0.05, 0) is 76.4 Å². The molecule has 0 bridgehead atoms. The molecule has 2 aromatic carbocycles. The zero-order valence-corrected chi connectivity index (χ0v) is 19.9. The summed E-state index contributed by atoms with van der Waals surface area (Å²) in [5, 5.41) is 2.89. The van der Waals surface area contributed by atoms with E-state index in [0.29, 0.717) is 35.9 Å². The van der Waals surface area contributed by atoms with Crippen molar-refractivity contribution >= 4 is 17.7 Å². The minimum absolute atomic E-state index is 0.194. The van der Waals surface area contributed by atoms with Crippen LogP contribution in [-0.4, -0.2) is 43.2 Å². The normalized spacial score (nSPS) is 11.5. The lowest BCUT2D eigenvalue weighted by Crippen LogP contribution is -2.39. The van der Waals surface area contributed by atoms with Gasteiger partial charge in [-0.15, -0.1) is 0 Å². The van der Waals surface area contributed by atoms with Crippen LogP contribution in [0.3, 0.4) is 0 Å². The number of hydrogen-bond acceptors (Lipinski definition) is 4. The highest BCUT2D eigenvalue weighted by atomic mass is 16.5. The Balaban J connectivity index is 2.02. The van der Waals surface area contributed by atoms with E-state index in [4.69, 9.17) is 9.47 Å². The molecule has 5 heteroatoms. The molecule has 0 unspecified atom stereocenters. The standard InChI is InChI=1S/C26H36N2O3/c1-18(2)28(19(3)4)14-15-31-25-17-23(11-12-24(25)30-7)27-26(29)13-10-22-9-8-20(5)21(6)16-22/h8-13,16-19H,14-15H2,1-7H3,(H,27,29)/b13-10+. The smallest absolute Gasteiger partial charge is 0.248 e. The average Bonchev–Trinajstić information content (AvgIpc) is 2.71. The van der Waals surface area contributed by atoms with Crippen molar-refractivity contribution in [2.45, 2.75) is 53.6 Å². The van der Waals surface area contributed by atoms with Gasteiger partial charge in [0.05, 0.1) is 7.11 Å². The SMILES string of the molecule is COc1ccc(NC(=O)/C=C/c2ccc(C)c(C)c2)cc1OCCN(C(C)C)C(C)C. The maximum atomic E-state index is 12.4. The lowest BCUT2D eigenvalue weighted by atomic mass is 10.1. The second-order valence-electron chi connectivity index (χ2n) is 8.31. The number of hydrogen-bond donors (Lipinski definition) is 1. The minimum Gasteiger partial charge on any atom is -0.493 e. The monoisotopic (exact) mass is 424 g/mol. The van der Waals surface area contributed by atoms with Crippen molar-refractivity contribution in [3.05, 3.63) is 59.2 Å². The van der Waals surface area contributed by atoms with Crippen molar-refractivity contribution < 1.29 is 14.3 Å². The van der Waals surface area contributed by atoms with Crippen molar-refractivity contribution in [3.8, 4) is 11.5 Å². The maximum absolute atomic E-state index is 12.4. The summed E-state index contributed by atoms with van der Waals surface area (Å²) in [6.07, 6.45) is 3.35. The third-order valence-corrected chi connectivity index (χ3v) is 5.32. The zero-order valence-electron chi connectivity index (χ0n) is 19.9. The van der Waals surface area contributed by atoms with Crippen LogP contribution in [0.4, 0.5) is 5.69 Å². The minimum atomic E-state index is -0.194. The molecule has 168 valence electrons. The molecule has 5 nitrogen and oxygen atoms in total. The summed E-state index contributed by atoms with van der Waals surface area (Å²) in [4.78, 5) is 14.8. The Morgan fingerprint density at radius 2 is 1.71 bits per heavy atom. The Kier molecular flexibility index (Phi) is 9.13. The van der Waals surface area contributed by atoms with Gasteiger partial charge in [0.25, 0.3) is 0 Å². The highest BCUT2D eigenvalue weighted by molar-refractivity contribution is 6.02. The molecule has 0 heterocycles. The van der Waals surface area contributed by atoms with Crippen LogP contribution in [0.1, 0.15) is 44.4 Å². The van der Waals surface area contributed by atoms with Crippen LogP contribution in [-0.2, 0) is 4.79 Å². The van der Waals surface area contributed by atoms with Gasteiger partial charge in [-0.3, -0.25) is 9.69 Å². The maximum Gasteiger partial charge on any atom is 0.248 e. The molecule has 1 amide bonds. The molecular weight excluding hydrogens is 388 g/mol. The van der Waals surface area contributed by atoms with Crippen LogP contribution in [0, 0.1) is 13.8 Å². The Morgan fingerprint density at radius 1 is 1.00 bits per heavy atom. The van der Waals surface area contributed by atoms with Crippen LogP contribution in [0.5, 0.6) is 11.5 Å². The van der Waals surface area contributed by atoms with Gasteiger partial charge in [-0.1, -0.05) is 18.2 Å². The van der Waals surface area contributed by atoms with Crippen molar-refractivity contribution in [2.75, 3.05) is 25.6 Å². The van der Waals surface area contributed by atoms with Gasteiger partial charge < -0.3 is 14.8 Å². The number of ether oxygens (including phenoxy) is 2. The highest BCUT2D eigenvalue weighted by Gasteiger charge is 2.14. The number of carbonyl (C=O) groups is 1. The molecule has 0 radical (unpaired) electrons. The fraction of sp³-hybridized carbons (Fsp3) is 0.423. The van der Waals surface area contributed by atoms with E-state index in [1.165, 1.54) is 17.2 Å². The molecule has 0 aliphatic carbocycles. The molecular formula is C26H36N2O3. The highest BCUT2D eigenvalue weighted by Crippen LogP contribution is 2.30. The Hall–Kier alpha value is -2.79. The number of anilines is 1. The summed E-state index contributed by atoms with van der Waals surface area (Å²) in [7, 11) is 1.61. The lowest BCUT2D eigenvalue weighted by Gasteiger charge is -2.30. The summed E-state index contributed by atoms with van der Waals surface area (Å²) in [6.45, 7) is 14.2. The van der Waals surface area contributed by atoms with Gasteiger partial charge in [0.15, 0.2) is 11.5 Å². The summed E-state index contributed by atoms with van der Waals surface area (Å²) >= 11 is 0. The molecule has 0 saturated heterocycles. The van der Waals surface area contributed by atoms with E-state index < -0.39 is 0 Å². The third-order valence-electron chi connectivity index (χ3n) is 5.32. The molecule has 2 rings (SSSR count). The fourth-order valence-corrected chi connectivity index (χ4v) is 3.47. The third kappa shape index (κ3) is 7.44. The van der Waals surface area contributed by atoms with E-state index in [9.17, 15) is 4.79 Å². The van der Waals surface area contributed by atoms with Gasteiger partial charge in [-0.25, -0.2) is 0 Å². The number of nitrogens with zero attached hydrogens (tertiary/aromatic N) is 1. The number of amides is 1. The van der Waals surface area contributed by atoms with Crippen molar-refractivity contribution in [3.63, 3.8) is 0 Å². The Labute approximate surface area is 187 Å². The first-order chi connectivity index (χ1) is 14.7. The largest absolute Gasteiger partial charge is 0.493 e. The number of rotatable bonds is 10. The van der Waals surface area contributed by atoms with E-state index in [-0.39, 0.29) is 5.91 Å². The predicted molar refractivity (Wildman–Crippen MR) is 129 cm³/mol. The zero-order chi connectivity index (χ0) is 23.0. The van der Waals surface area contributed by atoms with Crippen molar-refractivity contribution in [1.29, 1.82) is 0 Å². The Bertz CT molecular complexity index is 896. The van der Waals surface area contributed by atoms with Gasteiger partial charge in [0.2, 0.25) is 5.91 Å². The molecule has 2 aromatic rings. The van der Waals surface area contributed by atoms with Crippen LogP contribution in [0.2, 0.25) is 0 Å². The average molecular weight is 425 g/mol. The molecule has 0 fully saturated rings. The van der Waals surface area contributed by atoms with Crippen LogP contribution < -0.4 is 14.8 Å². The quantitative estimate of drug-likeness (QED) is 0.515. The van der Waals surface area contributed by atoms with Crippen LogP contribution >= 0.6 is 0 Å². The number of benzene rings is 2. The first kappa shape index (κ1) is 24.5. The van der Waals surface area contributed by atoms with Gasteiger partial charge >= 0.3 is 0 Å². The summed E-state index contributed by atoms with van der Waals surface area (Å²) in [5.41, 5.74) is 4.09. The number of nitrogens with one attached hydrogen (secondary N) is 1. The van der Waals surface area contributed by atoms with Crippen LogP contribution in [0.15, 0.2) is 42.5 Å². The number of aryl methyl sites for hydroxylation is 2. The molecule has 31 heavy (non-hydrogen) atoms. The molecule has 0 saturated carbocycles. The molecule has 0 atom stereocenters. The van der Waals surface area contributed by atoms with Crippen molar-refractivity contribution in [1.82, 2.24) is 4.90 Å². The summed E-state index contributed by atoms with van der Waals surface area (Å²) < 4.78 is 11.4. The van der Waals surface area contributed by atoms with Crippen LogP contribution in [0.25, 0.3) is 6.08 Å². The van der Waals surface area contributed by atoms with E-state index in [1.807, 2.05) is 18.2 Å². The van der Waals surface area contributed by atoms with E-state index in [2.05, 4.69) is 63.9 Å². The number of methoxy groups -OCH3 is 1.